The van der Waals surface area contributed by atoms with Crippen LogP contribution < -0.4 is 14.8 Å². The number of hydrogen-bond donors (Lipinski definition) is 2. The van der Waals surface area contributed by atoms with Gasteiger partial charge in [0.2, 0.25) is 12.7 Å². The second kappa shape index (κ2) is 4.38. The molecule has 0 spiro atoms. The maximum atomic E-state index is 9.17. The highest BCUT2D eigenvalue weighted by molar-refractivity contribution is 5.46. The van der Waals surface area contributed by atoms with Gasteiger partial charge in [-0.25, -0.2) is 4.68 Å². The third-order valence-corrected chi connectivity index (χ3v) is 3.59. The molecule has 3 heterocycles. The van der Waals surface area contributed by atoms with E-state index in [4.69, 9.17) is 14.6 Å². The monoisotopic (exact) mass is 274 g/mol. The molecule has 0 aliphatic carbocycles. The minimum atomic E-state index is -0.157. The van der Waals surface area contributed by atoms with Crippen molar-refractivity contribution in [3.05, 3.63) is 29.6 Å². The van der Waals surface area contributed by atoms with Crippen LogP contribution in [0.5, 0.6) is 11.5 Å². The Bertz CT molecular complexity index is 655. The minimum Gasteiger partial charge on any atom is -0.454 e. The number of aromatic nitrogens is 3. The number of fused-ring (bicyclic) bond motifs is 2. The molecule has 2 aliphatic rings. The molecular formula is C13H14N4O3. The number of nitrogens with zero attached hydrogens (tertiary/aromatic N) is 3. The van der Waals surface area contributed by atoms with Crippen LogP contribution in [0.4, 0.5) is 5.95 Å². The van der Waals surface area contributed by atoms with Crippen LogP contribution in [-0.4, -0.2) is 33.2 Å². The third-order valence-electron chi connectivity index (χ3n) is 3.59. The fourth-order valence-electron chi connectivity index (χ4n) is 2.64. The Morgan fingerprint density at radius 2 is 2.25 bits per heavy atom. The molecule has 1 unspecified atom stereocenters. The van der Waals surface area contributed by atoms with E-state index in [0.29, 0.717) is 11.8 Å². The van der Waals surface area contributed by atoms with Crippen molar-refractivity contribution in [1.82, 2.24) is 14.8 Å². The van der Waals surface area contributed by atoms with Gasteiger partial charge in [0.1, 0.15) is 6.61 Å². The number of anilines is 1. The standard InChI is InChI=1S/C13H14N4O3/c18-6-12-15-13-14-4-3-9(17(13)16-12)8-1-2-10-11(5-8)20-7-19-10/h1-2,5,9,18H,3-4,6-7H2,(H,14,15,16). The summed E-state index contributed by atoms with van der Waals surface area (Å²) in [5.74, 6) is 2.67. The van der Waals surface area contributed by atoms with E-state index in [1.807, 2.05) is 22.9 Å². The average molecular weight is 274 g/mol. The summed E-state index contributed by atoms with van der Waals surface area (Å²) in [6, 6.07) is 6.02. The Balaban J connectivity index is 1.74. The van der Waals surface area contributed by atoms with Crippen LogP contribution in [0.1, 0.15) is 23.9 Å². The molecule has 7 heteroatoms. The zero-order valence-corrected chi connectivity index (χ0v) is 10.7. The lowest BCUT2D eigenvalue weighted by molar-refractivity contribution is 0.174. The molecule has 7 nitrogen and oxygen atoms in total. The van der Waals surface area contributed by atoms with Gasteiger partial charge in [-0.1, -0.05) is 6.07 Å². The van der Waals surface area contributed by atoms with Crippen molar-refractivity contribution in [2.24, 2.45) is 0 Å². The summed E-state index contributed by atoms with van der Waals surface area (Å²) in [7, 11) is 0. The number of benzene rings is 1. The van der Waals surface area contributed by atoms with Gasteiger partial charge in [-0.3, -0.25) is 0 Å². The number of ether oxygens (including phenoxy) is 2. The highest BCUT2D eigenvalue weighted by Gasteiger charge is 2.26. The molecule has 2 aromatic rings. The van der Waals surface area contributed by atoms with E-state index in [1.165, 1.54) is 0 Å². The largest absolute Gasteiger partial charge is 0.454 e. The Morgan fingerprint density at radius 1 is 1.35 bits per heavy atom. The Kier molecular flexibility index (Phi) is 2.53. The molecule has 2 aliphatic heterocycles. The van der Waals surface area contributed by atoms with Gasteiger partial charge in [-0.2, -0.15) is 10.1 Å². The molecule has 0 saturated carbocycles. The van der Waals surface area contributed by atoms with Crippen molar-refractivity contribution >= 4 is 5.95 Å². The van der Waals surface area contributed by atoms with Crippen molar-refractivity contribution in [3.8, 4) is 11.5 Å². The number of rotatable bonds is 2. The molecular weight excluding hydrogens is 260 g/mol. The molecule has 1 atom stereocenters. The zero-order chi connectivity index (χ0) is 13.5. The first-order chi connectivity index (χ1) is 9.85. The van der Waals surface area contributed by atoms with Crippen LogP contribution >= 0.6 is 0 Å². The first-order valence-corrected chi connectivity index (χ1v) is 6.55. The van der Waals surface area contributed by atoms with Gasteiger partial charge in [0.25, 0.3) is 0 Å². The topological polar surface area (TPSA) is 81.4 Å². The van der Waals surface area contributed by atoms with E-state index in [0.717, 1.165) is 30.0 Å². The predicted molar refractivity (Wildman–Crippen MR) is 69.8 cm³/mol. The second-order valence-corrected chi connectivity index (χ2v) is 4.80. The van der Waals surface area contributed by atoms with Crippen molar-refractivity contribution in [1.29, 1.82) is 0 Å². The van der Waals surface area contributed by atoms with Gasteiger partial charge in [0, 0.05) is 6.54 Å². The van der Waals surface area contributed by atoms with E-state index < -0.39 is 0 Å². The molecule has 0 radical (unpaired) electrons. The first kappa shape index (κ1) is 11.5. The maximum absolute atomic E-state index is 9.17. The van der Waals surface area contributed by atoms with Gasteiger partial charge in [0.05, 0.1) is 6.04 Å². The van der Waals surface area contributed by atoms with E-state index in [1.54, 1.807) is 0 Å². The fraction of sp³-hybridized carbons (Fsp3) is 0.385. The highest BCUT2D eigenvalue weighted by Crippen LogP contribution is 2.37. The van der Waals surface area contributed by atoms with Crippen molar-refractivity contribution in [2.45, 2.75) is 19.1 Å². The Labute approximate surface area is 115 Å². The minimum absolute atomic E-state index is 0.0912. The quantitative estimate of drug-likeness (QED) is 0.847. The number of hydrogen-bond acceptors (Lipinski definition) is 6. The van der Waals surface area contributed by atoms with E-state index >= 15 is 0 Å². The smallest absolute Gasteiger partial charge is 0.231 e. The van der Waals surface area contributed by atoms with Crippen molar-refractivity contribution in [3.63, 3.8) is 0 Å². The van der Waals surface area contributed by atoms with Crippen LogP contribution in [0.25, 0.3) is 0 Å². The molecule has 0 bridgehead atoms. The predicted octanol–water partition coefficient (Wildman–Crippen LogP) is 0.904. The summed E-state index contributed by atoms with van der Waals surface area (Å²) in [5, 5.41) is 16.7. The van der Waals surface area contributed by atoms with Crippen molar-refractivity contribution < 1.29 is 14.6 Å². The number of nitrogens with one attached hydrogen (secondary N) is 1. The molecule has 1 aromatic carbocycles. The normalized spacial score (nSPS) is 19.6. The zero-order valence-electron chi connectivity index (χ0n) is 10.7. The van der Waals surface area contributed by atoms with Gasteiger partial charge >= 0.3 is 0 Å². The summed E-state index contributed by atoms with van der Waals surface area (Å²) >= 11 is 0. The molecule has 0 fully saturated rings. The van der Waals surface area contributed by atoms with E-state index in [-0.39, 0.29) is 19.4 Å². The van der Waals surface area contributed by atoms with Crippen molar-refractivity contribution in [2.75, 3.05) is 18.7 Å². The lowest BCUT2D eigenvalue weighted by Gasteiger charge is -2.24. The van der Waals surface area contributed by atoms with Crippen LogP contribution in [0.3, 0.4) is 0 Å². The first-order valence-electron chi connectivity index (χ1n) is 6.55. The van der Waals surface area contributed by atoms with Gasteiger partial charge < -0.3 is 19.9 Å². The van der Waals surface area contributed by atoms with Gasteiger partial charge in [-0.15, -0.1) is 0 Å². The SMILES string of the molecule is OCc1nc2n(n1)C(c1ccc3c(c1)OCO3)CCN2. The molecule has 104 valence electrons. The molecule has 20 heavy (non-hydrogen) atoms. The highest BCUT2D eigenvalue weighted by atomic mass is 16.7. The summed E-state index contributed by atoms with van der Waals surface area (Å²) in [6.45, 7) is 0.937. The van der Waals surface area contributed by atoms with Gasteiger partial charge in [-0.05, 0) is 24.1 Å². The number of aliphatic hydroxyl groups is 1. The summed E-state index contributed by atoms with van der Waals surface area (Å²) in [4.78, 5) is 4.25. The van der Waals surface area contributed by atoms with E-state index in [9.17, 15) is 0 Å². The summed E-state index contributed by atoms with van der Waals surface area (Å²) < 4.78 is 12.6. The van der Waals surface area contributed by atoms with Crippen LogP contribution in [-0.2, 0) is 6.61 Å². The molecule has 2 N–H and O–H groups in total. The molecule has 1 aromatic heterocycles. The van der Waals surface area contributed by atoms with Crippen LogP contribution in [0.2, 0.25) is 0 Å². The lowest BCUT2D eigenvalue weighted by atomic mass is 10.0. The van der Waals surface area contributed by atoms with Crippen LogP contribution in [0, 0.1) is 0 Å². The lowest BCUT2D eigenvalue weighted by Crippen LogP contribution is -2.24. The van der Waals surface area contributed by atoms with E-state index in [2.05, 4.69) is 15.4 Å². The average Bonchev–Trinajstić information content (AvgIpc) is 3.11. The second-order valence-electron chi connectivity index (χ2n) is 4.80. The molecule has 0 amide bonds. The summed E-state index contributed by atoms with van der Waals surface area (Å²) in [6.07, 6.45) is 0.904. The third kappa shape index (κ3) is 1.70. The molecule has 0 saturated heterocycles. The van der Waals surface area contributed by atoms with Crippen LogP contribution in [0.15, 0.2) is 18.2 Å². The molecule has 4 rings (SSSR count). The number of aliphatic hydroxyl groups excluding tert-OH is 1. The van der Waals surface area contributed by atoms with Gasteiger partial charge in [0.15, 0.2) is 17.3 Å². The fourth-order valence-corrected chi connectivity index (χ4v) is 2.64. The summed E-state index contributed by atoms with van der Waals surface area (Å²) in [5.41, 5.74) is 1.10. The Hall–Kier alpha value is -2.28. The Morgan fingerprint density at radius 3 is 3.15 bits per heavy atom. The maximum Gasteiger partial charge on any atom is 0.231 e.